The minimum absolute atomic E-state index is 0.158. The number of benzene rings is 1. The first-order chi connectivity index (χ1) is 11.4. The Balaban J connectivity index is 1.77. The van der Waals surface area contributed by atoms with Crippen molar-refractivity contribution in [1.29, 1.82) is 0 Å². The highest BCUT2D eigenvalue weighted by molar-refractivity contribution is 5.74. The number of ether oxygens (including phenoxy) is 1. The molecule has 3 nitrogen and oxygen atoms in total. The maximum atomic E-state index is 13.0. The molecule has 3 aliphatic rings. The fourth-order valence-corrected chi connectivity index (χ4v) is 5.26. The first kappa shape index (κ1) is 15.7. The Morgan fingerprint density at radius 3 is 1.83 bits per heavy atom. The zero-order valence-corrected chi connectivity index (χ0v) is 15.3. The summed E-state index contributed by atoms with van der Waals surface area (Å²) in [5, 5.41) is 0. The predicted molar refractivity (Wildman–Crippen MR) is 94.6 cm³/mol. The number of carbonyl (C=O) groups excluding carboxylic acids is 1. The second-order valence-electron chi connectivity index (χ2n) is 8.22. The lowest BCUT2D eigenvalue weighted by molar-refractivity contribution is 0.0164. The van der Waals surface area contributed by atoms with Crippen LogP contribution in [0.15, 0.2) is 35.4 Å². The summed E-state index contributed by atoms with van der Waals surface area (Å²) in [6.45, 7) is 10.3. The number of hydrogen-bond donors (Lipinski definition) is 0. The molecule has 24 heavy (non-hydrogen) atoms. The molecule has 2 aliphatic heterocycles. The van der Waals surface area contributed by atoms with E-state index in [1.54, 1.807) is 11.1 Å². The van der Waals surface area contributed by atoms with Gasteiger partial charge in [0.05, 0.1) is 12.1 Å². The van der Waals surface area contributed by atoms with E-state index in [1.807, 2.05) is 25.7 Å². The SMILES string of the molecule is CCC1=C(CC)[C@H]2[C@@H]1[C@@H]1c3ccccc3[C@H]2N1C(=O)OC(C)(C)C. The molecule has 0 aromatic heterocycles. The largest absolute Gasteiger partial charge is 0.444 e. The summed E-state index contributed by atoms with van der Waals surface area (Å²) >= 11 is 0. The molecule has 2 heterocycles. The molecule has 0 unspecified atom stereocenters. The summed E-state index contributed by atoms with van der Waals surface area (Å²) in [6.07, 6.45) is 2.03. The lowest BCUT2D eigenvalue weighted by Gasteiger charge is -2.43. The molecule has 1 fully saturated rings. The molecule has 1 aliphatic carbocycles. The molecular formula is C21H27NO2. The van der Waals surface area contributed by atoms with E-state index in [0.717, 1.165) is 12.8 Å². The molecule has 4 atom stereocenters. The van der Waals surface area contributed by atoms with E-state index in [2.05, 4.69) is 38.1 Å². The van der Waals surface area contributed by atoms with E-state index in [0.29, 0.717) is 11.8 Å². The van der Waals surface area contributed by atoms with Crippen molar-refractivity contribution in [1.82, 2.24) is 4.90 Å². The smallest absolute Gasteiger partial charge is 0.411 e. The first-order valence-corrected chi connectivity index (χ1v) is 9.21. The third-order valence-electron chi connectivity index (χ3n) is 5.88. The van der Waals surface area contributed by atoms with Crippen molar-refractivity contribution in [2.75, 3.05) is 0 Å². The Kier molecular flexibility index (Phi) is 3.35. The Morgan fingerprint density at radius 2 is 1.46 bits per heavy atom. The summed E-state index contributed by atoms with van der Waals surface area (Å²) in [4.78, 5) is 15.0. The molecule has 1 amide bonds. The van der Waals surface area contributed by atoms with Crippen LogP contribution in [0, 0.1) is 11.8 Å². The quantitative estimate of drug-likeness (QED) is 0.682. The number of rotatable bonds is 2. The third kappa shape index (κ3) is 1.93. The number of nitrogens with zero attached hydrogens (tertiary/aromatic N) is 1. The van der Waals surface area contributed by atoms with Gasteiger partial charge in [-0.3, -0.25) is 4.90 Å². The van der Waals surface area contributed by atoms with E-state index in [9.17, 15) is 4.79 Å². The zero-order chi connectivity index (χ0) is 17.2. The second kappa shape index (κ2) is 5.11. The van der Waals surface area contributed by atoms with Crippen molar-refractivity contribution >= 4 is 6.09 Å². The van der Waals surface area contributed by atoms with Crippen LogP contribution in [0.5, 0.6) is 0 Å². The monoisotopic (exact) mass is 325 g/mol. The van der Waals surface area contributed by atoms with Gasteiger partial charge in [-0.25, -0.2) is 4.79 Å². The standard InChI is InChI=1S/C21H27NO2/c1-6-12-13(7-2)17-16(12)18-14-10-8-9-11-15(14)19(17)22(18)20(23)24-21(3,4)5/h8-11,16-19H,6-7H2,1-5H3/t16-,17+,18+,19-. The minimum atomic E-state index is -0.459. The third-order valence-corrected chi connectivity index (χ3v) is 5.88. The van der Waals surface area contributed by atoms with E-state index < -0.39 is 5.60 Å². The highest BCUT2D eigenvalue weighted by atomic mass is 16.6. The van der Waals surface area contributed by atoms with Crippen LogP contribution in [0.1, 0.15) is 70.7 Å². The van der Waals surface area contributed by atoms with Crippen LogP contribution in [-0.2, 0) is 4.74 Å². The van der Waals surface area contributed by atoms with E-state index in [1.165, 1.54) is 11.1 Å². The lowest BCUT2D eigenvalue weighted by atomic mass is 9.59. The van der Waals surface area contributed by atoms with Gasteiger partial charge in [-0.1, -0.05) is 49.3 Å². The summed E-state index contributed by atoms with van der Waals surface area (Å²) in [5.41, 5.74) is 5.36. The van der Waals surface area contributed by atoms with Crippen molar-refractivity contribution in [3.8, 4) is 0 Å². The molecule has 0 spiro atoms. The molecule has 2 bridgehead atoms. The average Bonchev–Trinajstić information content (AvgIpc) is 2.95. The van der Waals surface area contributed by atoms with Gasteiger partial charge in [-0.2, -0.15) is 0 Å². The van der Waals surface area contributed by atoms with Crippen molar-refractivity contribution in [2.45, 2.75) is 65.1 Å². The summed E-state index contributed by atoms with van der Waals surface area (Å²) < 4.78 is 5.76. The van der Waals surface area contributed by atoms with Crippen molar-refractivity contribution in [3.63, 3.8) is 0 Å². The molecule has 3 heteroatoms. The Morgan fingerprint density at radius 1 is 1.00 bits per heavy atom. The van der Waals surface area contributed by atoms with Crippen LogP contribution in [0.3, 0.4) is 0 Å². The van der Waals surface area contributed by atoms with E-state index in [4.69, 9.17) is 4.74 Å². The normalized spacial score (nSPS) is 30.1. The summed E-state index contributed by atoms with van der Waals surface area (Å²) in [7, 11) is 0. The summed E-state index contributed by atoms with van der Waals surface area (Å²) in [5.74, 6) is 0.995. The number of carbonyl (C=O) groups is 1. The maximum Gasteiger partial charge on any atom is 0.411 e. The Bertz CT molecular complexity index is 681. The fraction of sp³-hybridized carbons (Fsp3) is 0.571. The molecule has 1 aromatic carbocycles. The van der Waals surface area contributed by atoms with Gasteiger partial charge in [0.2, 0.25) is 0 Å². The molecule has 0 radical (unpaired) electrons. The van der Waals surface area contributed by atoms with Gasteiger partial charge < -0.3 is 4.74 Å². The molecule has 0 saturated carbocycles. The van der Waals surface area contributed by atoms with Crippen LogP contribution >= 0.6 is 0 Å². The van der Waals surface area contributed by atoms with Gasteiger partial charge in [0.15, 0.2) is 0 Å². The molecule has 1 saturated heterocycles. The molecule has 4 rings (SSSR count). The van der Waals surface area contributed by atoms with Crippen LogP contribution in [0.2, 0.25) is 0 Å². The molecular weight excluding hydrogens is 298 g/mol. The van der Waals surface area contributed by atoms with Crippen molar-refractivity contribution < 1.29 is 9.53 Å². The van der Waals surface area contributed by atoms with Gasteiger partial charge in [0.1, 0.15) is 5.60 Å². The van der Waals surface area contributed by atoms with E-state index in [-0.39, 0.29) is 18.2 Å². The van der Waals surface area contributed by atoms with Crippen molar-refractivity contribution in [3.05, 3.63) is 46.5 Å². The average molecular weight is 325 g/mol. The molecule has 128 valence electrons. The topological polar surface area (TPSA) is 29.5 Å². The van der Waals surface area contributed by atoms with Crippen molar-refractivity contribution in [2.24, 2.45) is 11.8 Å². The van der Waals surface area contributed by atoms with Crippen LogP contribution in [-0.4, -0.2) is 16.6 Å². The summed E-state index contributed by atoms with van der Waals surface area (Å²) in [6, 6.07) is 8.91. The number of fused-ring (bicyclic) bond motifs is 8. The predicted octanol–water partition coefficient (Wildman–Crippen LogP) is 5.40. The van der Waals surface area contributed by atoms with Crippen LogP contribution in [0.4, 0.5) is 4.79 Å². The van der Waals surface area contributed by atoms with Gasteiger partial charge in [0.25, 0.3) is 0 Å². The number of amides is 1. The Labute approximate surface area is 144 Å². The minimum Gasteiger partial charge on any atom is -0.444 e. The van der Waals surface area contributed by atoms with Gasteiger partial charge in [-0.15, -0.1) is 0 Å². The second-order valence-corrected chi connectivity index (χ2v) is 8.22. The van der Waals surface area contributed by atoms with E-state index >= 15 is 0 Å². The molecule has 0 N–H and O–H groups in total. The zero-order valence-electron chi connectivity index (χ0n) is 15.3. The van der Waals surface area contributed by atoms with Gasteiger partial charge in [-0.05, 0) is 44.7 Å². The van der Waals surface area contributed by atoms with Crippen LogP contribution < -0.4 is 0 Å². The number of hydrogen-bond acceptors (Lipinski definition) is 2. The lowest BCUT2D eigenvalue weighted by Crippen LogP contribution is -2.35. The highest BCUT2D eigenvalue weighted by Crippen LogP contribution is 2.69. The molecule has 1 aromatic rings. The van der Waals surface area contributed by atoms with Gasteiger partial charge >= 0.3 is 6.09 Å². The van der Waals surface area contributed by atoms with Crippen LogP contribution in [0.25, 0.3) is 0 Å². The first-order valence-electron chi connectivity index (χ1n) is 9.21. The fourth-order valence-electron chi connectivity index (χ4n) is 5.26. The Hall–Kier alpha value is -1.77. The maximum absolute atomic E-state index is 13.0. The highest BCUT2D eigenvalue weighted by Gasteiger charge is 2.64. The van der Waals surface area contributed by atoms with Gasteiger partial charge in [0, 0.05) is 11.8 Å².